The molecule has 1 saturated heterocycles. The van der Waals surface area contributed by atoms with E-state index in [1.54, 1.807) is 6.92 Å². The van der Waals surface area contributed by atoms with E-state index in [4.69, 9.17) is 0 Å². The number of nitrogens with zero attached hydrogens (tertiary/aromatic N) is 1. The highest BCUT2D eigenvalue weighted by molar-refractivity contribution is 5.86. The number of benzene rings is 1. The van der Waals surface area contributed by atoms with E-state index < -0.39 is 29.3 Å². The molecule has 0 bridgehead atoms. The van der Waals surface area contributed by atoms with Crippen molar-refractivity contribution in [1.82, 2.24) is 10.2 Å². The molecule has 1 aromatic carbocycles. The monoisotopic (exact) mass is 286 g/mol. The molecule has 0 radical (unpaired) electrons. The highest BCUT2D eigenvalue weighted by Crippen LogP contribution is 2.28. The molecule has 0 saturated carbocycles. The van der Waals surface area contributed by atoms with E-state index >= 15 is 0 Å². The second-order valence-electron chi connectivity index (χ2n) is 5.15. The smallest absolute Gasteiger partial charge is 0.261 e. The van der Waals surface area contributed by atoms with Crippen LogP contribution in [0.25, 0.3) is 0 Å². The molecule has 2 atom stereocenters. The molecule has 6 heteroatoms. The van der Waals surface area contributed by atoms with Crippen LogP contribution in [0.4, 0.5) is 13.2 Å². The standard InChI is InChI=1S/C14H17F3N2O/c1-9(11-7-10(15)3-4-12(11)16)19(2)13(20)14(17)5-6-18-8-14/h3-4,7,9,18H,5-6,8H2,1-2H3/t9-,14+/m1/s1. The second kappa shape index (κ2) is 5.44. The zero-order valence-corrected chi connectivity index (χ0v) is 11.4. The van der Waals surface area contributed by atoms with Crippen molar-refractivity contribution in [3.8, 4) is 0 Å². The van der Waals surface area contributed by atoms with Crippen molar-refractivity contribution in [2.24, 2.45) is 0 Å². The van der Waals surface area contributed by atoms with Crippen molar-refractivity contribution in [1.29, 1.82) is 0 Å². The summed E-state index contributed by atoms with van der Waals surface area (Å²) in [6.07, 6.45) is 0.0918. The van der Waals surface area contributed by atoms with Gasteiger partial charge in [0.05, 0.1) is 6.04 Å². The van der Waals surface area contributed by atoms with Crippen LogP contribution in [0.2, 0.25) is 0 Å². The molecular weight excluding hydrogens is 269 g/mol. The van der Waals surface area contributed by atoms with Gasteiger partial charge in [-0.05, 0) is 31.7 Å². The van der Waals surface area contributed by atoms with Crippen LogP contribution in [0.3, 0.4) is 0 Å². The number of carbonyl (C=O) groups excluding carboxylic acids is 1. The molecule has 1 fully saturated rings. The Morgan fingerprint density at radius 3 is 2.75 bits per heavy atom. The van der Waals surface area contributed by atoms with E-state index in [9.17, 15) is 18.0 Å². The van der Waals surface area contributed by atoms with Gasteiger partial charge in [0.1, 0.15) is 11.6 Å². The predicted molar refractivity (Wildman–Crippen MR) is 68.9 cm³/mol. The molecule has 110 valence electrons. The lowest BCUT2D eigenvalue weighted by Crippen LogP contribution is -2.46. The van der Waals surface area contributed by atoms with Gasteiger partial charge in [0.2, 0.25) is 5.67 Å². The van der Waals surface area contributed by atoms with Crippen molar-refractivity contribution < 1.29 is 18.0 Å². The van der Waals surface area contributed by atoms with Crippen molar-refractivity contribution in [3.05, 3.63) is 35.4 Å². The molecule has 1 aliphatic rings. The summed E-state index contributed by atoms with van der Waals surface area (Å²) in [4.78, 5) is 13.3. The predicted octanol–water partition coefficient (Wildman–Crippen LogP) is 2.19. The highest BCUT2D eigenvalue weighted by atomic mass is 19.1. The average molecular weight is 286 g/mol. The van der Waals surface area contributed by atoms with E-state index in [0.717, 1.165) is 23.1 Å². The Balaban J connectivity index is 2.21. The highest BCUT2D eigenvalue weighted by Gasteiger charge is 2.44. The molecule has 0 aliphatic carbocycles. The normalized spacial score (nSPS) is 23.6. The minimum absolute atomic E-state index is 0.0374. The molecule has 1 N–H and O–H groups in total. The van der Waals surface area contributed by atoms with E-state index in [2.05, 4.69) is 5.32 Å². The fraction of sp³-hybridized carbons (Fsp3) is 0.500. The number of alkyl halides is 1. The van der Waals surface area contributed by atoms with E-state index in [-0.39, 0.29) is 18.5 Å². The van der Waals surface area contributed by atoms with Crippen molar-refractivity contribution >= 4 is 5.91 Å². The summed E-state index contributed by atoms with van der Waals surface area (Å²) in [5.41, 5.74) is -1.93. The molecule has 0 spiro atoms. The number of hydrogen-bond donors (Lipinski definition) is 1. The first kappa shape index (κ1) is 14.8. The number of hydrogen-bond acceptors (Lipinski definition) is 2. The van der Waals surface area contributed by atoms with Gasteiger partial charge in [-0.15, -0.1) is 0 Å². The average Bonchev–Trinajstić information content (AvgIpc) is 2.87. The third-order valence-corrected chi connectivity index (χ3v) is 3.80. The van der Waals surface area contributed by atoms with Gasteiger partial charge in [0, 0.05) is 25.6 Å². The number of amides is 1. The van der Waals surface area contributed by atoms with Crippen LogP contribution in [-0.4, -0.2) is 36.6 Å². The van der Waals surface area contributed by atoms with Crippen LogP contribution in [0, 0.1) is 11.6 Å². The fourth-order valence-corrected chi connectivity index (χ4v) is 2.38. The summed E-state index contributed by atoms with van der Waals surface area (Å²) in [5.74, 6) is -1.92. The third-order valence-electron chi connectivity index (χ3n) is 3.80. The second-order valence-corrected chi connectivity index (χ2v) is 5.15. The van der Waals surface area contributed by atoms with Gasteiger partial charge in [-0.1, -0.05) is 0 Å². The number of nitrogens with one attached hydrogen (secondary N) is 1. The Morgan fingerprint density at radius 1 is 1.45 bits per heavy atom. The minimum Gasteiger partial charge on any atom is -0.336 e. The maximum atomic E-state index is 14.4. The molecule has 0 aromatic heterocycles. The zero-order valence-electron chi connectivity index (χ0n) is 11.4. The lowest BCUT2D eigenvalue weighted by Gasteiger charge is -2.30. The SMILES string of the molecule is C[C@H](c1cc(F)ccc1F)N(C)C(=O)[C@]1(F)CCNC1. The Bertz CT molecular complexity index is 515. The van der Waals surface area contributed by atoms with Gasteiger partial charge < -0.3 is 10.2 Å². The Morgan fingerprint density at radius 2 is 2.15 bits per heavy atom. The zero-order chi connectivity index (χ0) is 14.9. The topological polar surface area (TPSA) is 32.3 Å². The van der Waals surface area contributed by atoms with E-state index in [0.29, 0.717) is 6.54 Å². The molecule has 1 aromatic rings. The maximum Gasteiger partial charge on any atom is 0.261 e. The van der Waals surface area contributed by atoms with Crippen LogP contribution in [0.15, 0.2) is 18.2 Å². The maximum absolute atomic E-state index is 14.4. The molecule has 3 nitrogen and oxygen atoms in total. The number of halogens is 3. The first-order valence-corrected chi connectivity index (χ1v) is 6.47. The molecule has 0 unspecified atom stereocenters. The largest absolute Gasteiger partial charge is 0.336 e. The first-order chi connectivity index (χ1) is 9.35. The minimum atomic E-state index is -1.97. The number of rotatable bonds is 3. The van der Waals surface area contributed by atoms with Crippen molar-refractivity contribution in [2.75, 3.05) is 20.1 Å². The summed E-state index contributed by atoms with van der Waals surface area (Å²) in [7, 11) is 1.40. The van der Waals surface area contributed by atoms with Gasteiger partial charge in [0.15, 0.2) is 0 Å². The van der Waals surface area contributed by atoms with Crippen LogP contribution >= 0.6 is 0 Å². The van der Waals surface area contributed by atoms with Crippen molar-refractivity contribution in [3.63, 3.8) is 0 Å². The Labute approximate surface area is 115 Å². The summed E-state index contributed by atoms with van der Waals surface area (Å²) < 4.78 is 41.3. The van der Waals surface area contributed by atoms with E-state index in [1.807, 2.05) is 0 Å². The Kier molecular flexibility index (Phi) is 4.04. The third kappa shape index (κ3) is 2.65. The summed E-state index contributed by atoms with van der Waals surface area (Å²) >= 11 is 0. The van der Waals surface area contributed by atoms with E-state index in [1.165, 1.54) is 7.05 Å². The van der Waals surface area contributed by atoms with Crippen LogP contribution < -0.4 is 5.32 Å². The van der Waals surface area contributed by atoms with Crippen LogP contribution in [0.1, 0.15) is 24.9 Å². The molecule has 1 heterocycles. The molecule has 20 heavy (non-hydrogen) atoms. The summed E-state index contributed by atoms with van der Waals surface area (Å²) in [6, 6.07) is 2.29. The molecule has 1 amide bonds. The molecule has 2 rings (SSSR count). The van der Waals surface area contributed by atoms with Crippen molar-refractivity contribution in [2.45, 2.75) is 25.1 Å². The van der Waals surface area contributed by atoms with Gasteiger partial charge >= 0.3 is 0 Å². The quantitative estimate of drug-likeness (QED) is 0.923. The van der Waals surface area contributed by atoms with Gasteiger partial charge in [-0.2, -0.15) is 0 Å². The summed E-state index contributed by atoms with van der Waals surface area (Å²) in [6.45, 7) is 1.93. The Hall–Kier alpha value is -1.56. The van der Waals surface area contributed by atoms with Crippen LogP contribution in [0.5, 0.6) is 0 Å². The van der Waals surface area contributed by atoms with Gasteiger partial charge in [-0.25, -0.2) is 13.2 Å². The van der Waals surface area contributed by atoms with Gasteiger partial charge in [-0.3, -0.25) is 4.79 Å². The first-order valence-electron chi connectivity index (χ1n) is 6.47. The number of carbonyl (C=O) groups is 1. The van der Waals surface area contributed by atoms with Crippen LogP contribution in [-0.2, 0) is 4.79 Å². The summed E-state index contributed by atoms with van der Waals surface area (Å²) in [5, 5.41) is 2.79. The fourth-order valence-electron chi connectivity index (χ4n) is 2.38. The van der Waals surface area contributed by atoms with Gasteiger partial charge in [0.25, 0.3) is 5.91 Å². The lowest BCUT2D eigenvalue weighted by atomic mass is 10.0. The lowest BCUT2D eigenvalue weighted by molar-refractivity contribution is -0.143. The molecule has 1 aliphatic heterocycles. The molecular formula is C14H17F3N2O.